The Morgan fingerprint density at radius 3 is 0.903 bits per heavy atom. The summed E-state index contributed by atoms with van der Waals surface area (Å²) >= 11 is 0. The minimum Gasteiger partial charge on any atom is -0.394 e. The number of hydrogen-bond acceptors (Lipinski definition) is 3. The number of hydrogen-bond donors (Lipinski definition) is 2. The van der Waals surface area contributed by atoms with Crippen molar-refractivity contribution in [3.05, 3.63) is 154 Å². The maximum Gasteiger partial charge on any atom is 0.0713 e. The summed E-state index contributed by atoms with van der Waals surface area (Å²) in [5.74, 6) is 0. The number of benzene rings is 1. The average Bonchev–Trinajstić information content (AvgIpc) is 2.95. The van der Waals surface area contributed by atoms with E-state index in [0.717, 1.165) is 0 Å². The number of aliphatic hydroxyl groups is 2. The van der Waals surface area contributed by atoms with Crippen molar-refractivity contribution < 1.29 is 14.9 Å². The minimum absolute atomic E-state index is 0.125. The van der Waals surface area contributed by atoms with Gasteiger partial charge < -0.3 is 14.9 Å². The van der Waals surface area contributed by atoms with Crippen molar-refractivity contribution >= 4 is 0 Å². The average molecular weight is 437 g/mol. The van der Waals surface area contributed by atoms with Crippen LogP contribution in [0.25, 0.3) is 0 Å². The molecule has 1 rings (SSSR count). The molecule has 0 atom stereocenters. The number of ether oxygens (including phenoxy) is 1. The molecule has 0 aliphatic rings. The van der Waals surface area contributed by atoms with Gasteiger partial charge in [0.15, 0.2) is 0 Å². The fraction of sp³-hybridized carbons (Fsp3) is 0.143. The molecule has 2 N–H and O–H groups in total. The van der Waals surface area contributed by atoms with Crippen molar-refractivity contribution in [1.29, 1.82) is 0 Å². The van der Waals surface area contributed by atoms with Crippen LogP contribution in [0.15, 0.2) is 149 Å². The zero-order valence-corrected chi connectivity index (χ0v) is 20.5. The highest BCUT2D eigenvalue weighted by atomic mass is 16.5. The van der Waals surface area contributed by atoms with Crippen LogP contribution in [0.1, 0.15) is 5.56 Å². The van der Waals surface area contributed by atoms with Crippen LogP contribution in [-0.2, 0) is 11.3 Å². The first-order valence-electron chi connectivity index (χ1n) is 8.59. The monoisotopic (exact) mass is 436 g/mol. The maximum absolute atomic E-state index is 7.62. The number of rotatable bonds is 3. The van der Waals surface area contributed by atoms with E-state index in [1.807, 2.05) is 30.3 Å². The van der Waals surface area contributed by atoms with Crippen LogP contribution in [0, 0.1) is 0 Å². The molecule has 0 radical (unpaired) electrons. The van der Waals surface area contributed by atoms with E-state index in [1.165, 1.54) is 5.56 Å². The van der Waals surface area contributed by atoms with E-state index in [1.54, 1.807) is 7.11 Å². The van der Waals surface area contributed by atoms with Gasteiger partial charge in [-0.05, 0) is 5.56 Å². The Balaban J connectivity index is -0.0000000218. The summed E-state index contributed by atoms with van der Waals surface area (Å²) in [7, 11) is 1.70. The van der Waals surface area contributed by atoms with Crippen LogP contribution >= 0.6 is 0 Å². The molecule has 0 bridgehead atoms. The fourth-order valence-corrected chi connectivity index (χ4v) is 0.741. The highest BCUT2D eigenvalue weighted by Gasteiger charge is 1.84. The summed E-state index contributed by atoms with van der Waals surface area (Å²) in [5, 5.41) is 15.2. The molecule has 0 aliphatic carbocycles. The molecule has 0 aromatic heterocycles. The Hall–Kier alpha value is -3.24. The molecule has 0 saturated heterocycles. The van der Waals surface area contributed by atoms with E-state index in [9.17, 15) is 0 Å². The Labute approximate surface area is 196 Å². The van der Waals surface area contributed by atoms with Gasteiger partial charge in [-0.2, -0.15) is 0 Å². The van der Waals surface area contributed by atoms with E-state index >= 15 is 0 Å². The van der Waals surface area contributed by atoms with Gasteiger partial charge in [0.05, 0.1) is 19.8 Å². The van der Waals surface area contributed by atoms with Crippen molar-refractivity contribution in [2.45, 2.75) is 6.61 Å². The van der Waals surface area contributed by atoms with Crippen LogP contribution in [0.4, 0.5) is 0 Å². The van der Waals surface area contributed by atoms with Gasteiger partial charge in [0.1, 0.15) is 0 Å². The minimum atomic E-state index is -0.125. The predicted molar refractivity (Wildman–Crippen MR) is 153 cm³/mol. The van der Waals surface area contributed by atoms with E-state index in [-0.39, 0.29) is 13.2 Å². The molecular formula is C28H52O3. The van der Waals surface area contributed by atoms with Crippen LogP contribution in [0.2, 0.25) is 0 Å². The first-order chi connectivity index (χ1) is 15.3. The molecule has 0 spiro atoms. The first kappa shape index (κ1) is 63.0. The highest BCUT2D eigenvalue weighted by Crippen LogP contribution is 1.98. The lowest BCUT2D eigenvalue weighted by Gasteiger charge is -1.95. The molecule has 3 nitrogen and oxygen atoms in total. The summed E-state index contributed by atoms with van der Waals surface area (Å²) in [5.41, 5.74) is 1.22. The second-order valence-electron chi connectivity index (χ2n) is 2.37. The predicted octanol–water partition coefficient (Wildman–Crippen LogP) is 8.02. The molecule has 1 aromatic carbocycles. The van der Waals surface area contributed by atoms with Crippen molar-refractivity contribution in [2.75, 3.05) is 20.3 Å². The standard InChI is InChI=1S/C8H10O.C2H6O2.9C2H4/c1-9-7-8-5-3-2-4-6-8;3-1-2-4;9*1-2/h2-6H,7H2,1H3;3-4H,1-2H2;9*1-2H2. The van der Waals surface area contributed by atoms with Gasteiger partial charge in [-0.15, -0.1) is 118 Å². The van der Waals surface area contributed by atoms with Crippen LogP contribution < -0.4 is 0 Å². The van der Waals surface area contributed by atoms with E-state index in [4.69, 9.17) is 14.9 Å². The smallest absolute Gasteiger partial charge is 0.0713 e. The summed E-state index contributed by atoms with van der Waals surface area (Å²) in [6.45, 7) is 54.5. The first-order valence-corrected chi connectivity index (χ1v) is 8.59. The van der Waals surface area contributed by atoms with Gasteiger partial charge in [-0.25, -0.2) is 0 Å². The van der Waals surface area contributed by atoms with Gasteiger partial charge in [0, 0.05) is 7.11 Å². The zero-order chi connectivity index (χ0) is 27.9. The van der Waals surface area contributed by atoms with Gasteiger partial charge >= 0.3 is 0 Å². The maximum atomic E-state index is 7.62. The molecule has 1 aromatic rings. The third kappa shape index (κ3) is 214. The van der Waals surface area contributed by atoms with Crippen molar-refractivity contribution in [1.82, 2.24) is 0 Å². The molecule has 0 aliphatic heterocycles. The third-order valence-electron chi connectivity index (χ3n) is 1.25. The molecule has 3 heteroatoms. The largest absolute Gasteiger partial charge is 0.394 e. The highest BCUT2D eigenvalue weighted by molar-refractivity contribution is 5.13. The summed E-state index contributed by atoms with van der Waals surface area (Å²) in [4.78, 5) is 0. The lowest BCUT2D eigenvalue weighted by molar-refractivity contribution is 0.185. The molecule has 0 fully saturated rings. The van der Waals surface area contributed by atoms with Gasteiger partial charge in [0.2, 0.25) is 0 Å². The Bertz CT molecular complexity index is 272. The van der Waals surface area contributed by atoms with Crippen molar-refractivity contribution in [3.63, 3.8) is 0 Å². The summed E-state index contributed by atoms with van der Waals surface area (Å²) in [6, 6.07) is 10.1. The van der Waals surface area contributed by atoms with E-state index in [2.05, 4.69) is 118 Å². The SMILES string of the molecule is C=C.C=C.C=C.C=C.C=C.C=C.C=C.C=C.C=C.COCc1ccccc1.OCCO. The van der Waals surface area contributed by atoms with Gasteiger partial charge in [0.25, 0.3) is 0 Å². The second-order valence-corrected chi connectivity index (χ2v) is 2.37. The summed E-state index contributed by atoms with van der Waals surface area (Å²) < 4.78 is 4.93. The van der Waals surface area contributed by atoms with E-state index in [0.29, 0.717) is 6.61 Å². The van der Waals surface area contributed by atoms with Crippen LogP contribution in [0.3, 0.4) is 0 Å². The normalized spacial score (nSPS) is 4.87. The molecule has 0 unspecified atom stereocenters. The molecule has 0 saturated carbocycles. The van der Waals surface area contributed by atoms with Gasteiger partial charge in [-0.3, -0.25) is 0 Å². The van der Waals surface area contributed by atoms with Gasteiger partial charge in [-0.1, -0.05) is 30.3 Å². The summed E-state index contributed by atoms with van der Waals surface area (Å²) in [6.07, 6.45) is 0. The van der Waals surface area contributed by atoms with Crippen molar-refractivity contribution in [2.24, 2.45) is 0 Å². The third-order valence-corrected chi connectivity index (χ3v) is 1.25. The fourth-order valence-electron chi connectivity index (χ4n) is 0.741. The molecule has 0 heterocycles. The van der Waals surface area contributed by atoms with Crippen LogP contribution in [0.5, 0.6) is 0 Å². The number of aliphatic hydroxyl groups excluding tert-OH is 2. The topological polar surface area (TPSA) is 49.7 Å². The quantitative estimate of drug-likeness (QED) is 0.471. The lowest BCUT2D eigenvalue weighted by Crippen LogP contribution is -1.85. The number of methoxy groups -OCH3 is 1. The second kappa shape index (κ2) is 231. The zero-order valence-electron chi connectivity index (χ0n) is 20.5. The molecule has 0 amide bonds. The molecule has 31 heavy (non-hydrogen) atoms. The Morgan fingerprint density at radius 1 is 0.516 bits per heavy atom. The van der Waals surface area contributed by atoms with Crippen LogP contribution in [-0.4, -0.2) is 30.5 Å². The lowest BCUT2D eigenvalue weighted by atomic mass is 10.2. The Kier molecular flexibility index (Phi) is 470. The molecule has 182 valence electrons. The van der Waals surface area contributed by atoms with Crippen molar-refractivity contribution in [3.8, 4) is 0 Å². The molecular weight excluding hydrogens is 384 g/mol. The van der Waals surface area contributed by atoms with E-state index < -0.39 is 0 Å². The Morgan fingerprint density at radius 2 is 0.742 bits per heavy atom.